The van der Waals surface area contributed by atoms with E-state index >= 15 is 0 Å². The number of aryl methyl sites for hydroxylation is 1. The standard InChI is InChI=1S/C19H23N7O2/c1-12(2)16-20-18(28-23-16)14-8-10-26(11-9-14)19(27)15-6-4-13(5-7-15)17-21-24-25(3)22-17/h4-7,12,14H,8-11H2,1-3H3. The summed E-state index contributed by atoms with van der Waals surface area (Å²) in [6, 6.07) is 7.33. The number of aromatic nitrogens is 6. The lowest BCUT2D eigenvalue weighted by atomic mass is 9.96. The van der Waals surface area contributed by atoms with E-state index in [1.807, 2.05) is 43.0 Å². The number of tetrazole rings is 1. The number of carbonyl (C=O) groups is 1. The molecule has 2 aromatic heterocycles. The number of amides is 1. The Hall–Kier alpha value is -3.10. The van der Waals surface area contributed by atoms with Gasteiger partial charge in [-0.25, -0.2) is 0 Å². The largest absolute Gasteiger partial charge is 0.339 e. The zero-order valence-electron chi connectivity index (χ0n) is 16.2. The molecule has 0 saturated carbocycles. The monoisotopic (exact) mass is 381 g/mol. The van der Waals surface area contributed by atoms with E-state index in [0.29, 0.717) is 30.4 Å². The van der Waals surface area contributed by atoms with Crippen LogP contribution in [0.5, 0.6) is 0 Å². The first kappa shape index (κ1) is 18.3. The summed E-state index contributed by atoms with van der Waals surface area (Å²) < 4.78 is 5.42. The highest BCUT2D eigenvalue weighted by molar-refractivity contribution is 5.94. The maximum atomic E-state index is 12.8. The highest BCUT2D eigenvalue weighted by Gasteiger charge is 2.28. The molecule has 3 heterocycles. The third-order valence-corrected chi connectivity index (χ3v) is 5.00. The smallest absolute Gasteiger partial charge is 0.253 e. The van der Waals surface area contributed by atoms with Crippen molar-refractivity contribution in [3.63, 3.8) is 0 Å². The van der Waals surface area contributed by atoms with Gasteiger partial charge in [0.2, 0.25) is 11.7 Å². The van der Waals surface area contributed by atoms with Crippen LogP contribution in [-0.4, -0.2) is 54.2 Å². The van der Waals surface area contributed by atoms with Crippen LogP contribution in [0.25, 0.3) is 11.4 Å². The molecule has 1 aliphatic rings. The number of hydrogen-bond donors (Lipinski definition) is 0. The topological polar surface area (TPSA) is 103 Å². The Kier molecular flexibility index (Phi) is 4.89. The first-order valence-electron chi connectivity index (χ1n) is 9.48. The van der Waals surface area contributed by atoms with Gasteiger partial charge in [-0.1, -0.05) is 31.1 Å². The average Bonchev–Trinajstić information content (AvgIpc) is 3.37. The fourth-order valence-electron chi connectivity index (χ4n) is 3.32. The van der Waals surface area contributed by atoms with E-state index in [0.717, 1.165) is 24.2 Å². The fourth-order valence-corrected chi connectivity index (χ4v) is 3.32. The van der Waals surface area contributed by atoms with Crippen LogP contribution < -0.4 is 0 Å². The van der Waals surface area contributed by atoms with Crippen molar-refractivity contribution >= 4 is 5.91 Å². The highest BCUT2D eigenvalue weighted by atomic mass is 16.5. The number of benzene rings is 1. The van der Waals surface area contributed by atoms with Gasteiger partial charge in [-0.05, 0) is 30.2 Å². The Balaban J connectivity index is 1.38. The van der Waals surface area contributed by atoms with E-state index in [2.05, 4.69) is 25.6 Å². The summed E-state index contributed by atoms with van der Waals surface area (Å²) in [5.74, 6) is 2.48. The number of likely N-dealkylation sites (tertiary alicyclic amines) is 1. The Bertz CT molecular complexity index is 953. The summed E-state index contributed by atoms with van der Waals surface area (Å²) in [4.78, 5) is 20.6. The lowest BCUT2D eigenvalue weighted by Crippen LogP contribution is -2.38. The predicted molar refractivity (Wildman–Crippen MR) is 100 cm³/mol. The minimum Gasteiger partial charge on any atom is -0.339 e. The molecule has 0 spiro atoms. The van der Waals surface area contributed by atoms with E-state index in [1.165, 1.54) is 4.80 Å². The van der Waals surface area contributed by atoms with Crippen molar-refractivity contribution < 1.29 is 9.32 Å². The summed E-state index contributed by atoms with van der Waals surface area (Å²) in [7, 11) is 1.72. The van der Waals surface area contributed by atoms with Crippen molar-refractivity contribution in [1.29, 1.82) is 0 Å². The minimum absolute atomic E-state index is 0.0329. The first-order chi connectivity index (χ1) is 13.5. The van der Waals surface area contributed by atoms with Gasteiger partial charge in [-0.15, -0.1) is 10.2 Å². The van der Waals surface area contributed by atoms with Crippen molar-refractivity contribution in [2.45, 2.75) is 38.5 Å². The molecule has 9 heteroatoms. The van der Waals surface area contributed by atoms with Crippen molar-refractivity contribution in [2.75, 3.05) is 13.1 Å². The Morgan fingerprint density at radius 1 is 1.18 bits per heavy atom. The van der Waals surface area contributed by atoms with E-state index in [4.69, 9.17) is 4.52 Å². The van der Waals surface area contributed by atoms with Gasteiger partial charge < -0.3 is 9.42 Å². The van der Waals surface area contributed by atoms with Gasteiger partial charge in [0.1, 0.15) is 0 Å². The zero-order chi connectivity index (χ0) is 19.7. The van der Waals surface area contributed by atoms with Crippen molar-refractivity contribution in [3.05, 3.63) is 41.5 Å². The molecule has 0 radical (unpaired) electrons. The molecule has 28 heavy (non-hydrogen) atoms. The highest BCUT2D eigenvalue weighted by Crippen LogP contribution is 2.28. The normalized spacial score (nSPS) is 15.4. The number of carbonyl (C=O) groups excluding carboxylic acids is 1. The van der Waals surface area contributed by atoms with Crippen molar-refractivity contribution in [3.8, 4) is 11.4 Å². The Morgan fingerprint density at radius 2 is 1.89 bits per heavy atom. The van der Waals surface area contributed by atoms with Crippen LogP contribution in [0, 0.1) is 0 Å². The molecular weight excluding hydrogens is 358 g/mol. The lowest BCUT2D eigenvalue weighted by molar-refractivity contribution is 0.0704. The Morgan fingerprint density at radius 3 is 2.46 bits per heavy atom. The third kappa shape index (κ3) is 3.64. The summed E-state index contributed by atoms with van der Waals surface area (Å²) in [6.07, 6.45) is 1.65. The summed E-state index contributed by atoms with van der Waals surface area (Å²) in [6.45, 7) is 5.44. The molecule has 0 atom stereocenters. The molecule has 0 bridgehead atoms. The van der Waals surface area contributed by atoms with Gasteiger partial charge in [0.15, 0.2) is 5.82 Å². The van der Waals surface area contributed by atoms with Gasteiger partial charge >= 0.3 is 0 Å². The SMILES string of the molecule is CC(C)c1noc(C2CCN(C(=O)c3ccc(-c4nnn(C)n4)cc3)CC2)n1. The van der Waals surface area contributed by atoms with Crippen molar-refractivity contribution in [2.24, 2.45) is 7.05 Å². The summed E-state index contributed by atoms with van der Waals surface area (Å²) >= 11 is 0. The van der Waals surface area contributed by atoms with Gasteiger partial charge in [-0.3, -0.25) is 4.79 Å². The van der Waals surface area contributed by atoms with Crippen LogP contribution in [0.1, 0.15) is 60.6 Å². The number of hydrogen-bond acceptors (Lipinski definition) is 7. The molecule has 3 aromatic rings. The molecule has 1 fully saturated rings. The zero-order valence-corrected chi connectivity index (χ0v) is 16.2. The molecule has 0 unspecified atom stereocenters. The second-order valence-electron chi connectivity index (χ2n) is 7.39. The van der Waals surface area contributed by atoms with Gasteiger partial charge in [0.25, 0.3) is 5.91 Å². The molecule has 1 aromatic carbocycles. The quantitative estimate of drug-likeness (QED) is 0.683. The van der Waals surface area contributed by atoms with Crippen LogP contribution in [0.4, 0.5) is 0 Å². The average molecular weight is 381 g/mol. The molecule has 4 rings (SSSR count). The first-order valence-corrected chi connectivity index (χ1v) is 9.48. The van der Waals surface area contributed by atoms with Crippen LogP contribution >= 0.6 is 0 Å². The molecule has 146 valence electrons. The Labute approximate surface area is 162 Å². The van der Waals surface area contributed by atoms with Crippen LogP contribution in [-0.2, 0) is 7.05 Å². The molecule has 1 aliphatic heterocycles. The third-order valence-electron chi connectivity index (χ3n) is 5.00. The predicted octanol–water partition coefficient (Wildman–Crippen LogP) is 2.40. The molecule has 0 aliphatic carbocycles. The van der Waals surface area contributed by atoms with E-state index in [1.54, 1.807) is 7.05 Å². The van der Waals surface area contributed by atoms with Crippen LogP contribution in [0.15, 0.2) is 28.8 Å². The van der Waals surface area contributed by atoms with E-state index in [9.17, 15) is 4.79 Å². The second kappa shape index (κ2) is 7.49. The molecule has 9 nitrogen and oxygen atoms in total. The van der Waals surface area contributed by atoms with Crippen LogP contribution in [0.3, 0.4) is 0 Å². The fraction of sp³-hybridized carbons (Fsp3) is 0.474. The molecule has 1 saturated heterocycles. The van der Waals surface area contributed by atoms with Gasteiger partial charge in [0.05, 0.1) is 7.05 Å². The minimum atomic E-state index is 0.0329. The number of piperidine rings is 1. The summed E-state index contributed by atoms with van der Waals surface area (Å²) in [5, 5.41) is 16.0. The maximum Gasteiger partial charge on any atom is 0.253 e. The van der Waals surface area contributed by atoms with Gasteiger partial charge in [0, 0.05) is 36.1 Å². The van der Waals surface area contributed by atoms with E-state index in [-0.39, 0.29) is 17.7 Å². The van der Waals surface area contributed by atoms with Crippen LogP contribution in [0.2, 0.25) is 0 Å². The maximum absolute atomic E-state index is 12.8. The summed E-state index contributed by atoms with van der Waals surface area (Å²) in [5.41, 5.74) is 1.49. The number of nitrogens with zero attached hydrogens (tertiary/aromatic N) is 7. The number of rotatable bonds is 4. The van der Waals surface area contributed by atoms with Gasteiger partial charge in [-0.2, -0.15) is 9.78 Å². The van der Waals surface area contributed by atoms with E-state index < -0.39 is 0 Å². The molecule has 1 amide bonds. The lowest BCUT2D eigenvalue weighted by Gasteiger charge is -2.30. The second-order valence-corrected chi connectivity index (χ2v) is 7.39. The van der Waals surface area contributed by atoms with Crippen molar-refractivity contribution in [1.82, 2.24) is 35.2 Å². The molecule has 0 N–H and O–H groups in total. The molecular formula is C19H23N7O2.